The molecule has 0 radical (unpaired) electrons. The summed E-state index contributed by atoms with van der Waals surface area (Å²) in [5.74, 6) is 0. The molecule has 1 N–H and O–H groups in total. The van der Waals surface area contributed by atoms with Crippen LogP contribution in [0, 0.1) is 10.8 Å². The molecule has 2 aliphatic rings. The minimum atomic E-state index is 0.528. The van der Waals surface area contributed by atoms with Gasteiger partial charge in [0.2, 0.25) is 0 Å². The minimum Gasteiger partial charge on any atom is -0.312 e. The molecule has 1 saturated carbocycles. The van der Waals surface area contributed by atoms with Gasteiger partial charge in [-0.2, -0.15) is 0 Å². The predicted octanol–water partition coefficient (Wildman–Crippen LogP) is 4.45. The molecule has 0 aromatic carbocycles. The molecule has 124 valence electrons. The SMILES string of the molecule is CCCNC1CCC(C)(C)CC1N1CCC(C)(CC)CC1. The summed E-state index contributed by atoms with van der Waals surface area (Å²) in [7, 11) is 0. The number of rotatable bonds is 5. The van der Waals surface area contributed by atoms with E-state index < -0.39 is 0 Å². The Hall–Kier alpha value is -0.0800. The molecular formula is C19H38N2. The Labute approximate surface area is 133 Å². The van der Waals surface area contributed by atoms with Gasteiger partial charge in [-0.15, -0.1) is 0 Å². The Morgan fingerprint density at radius 1 is 1.05 bits per heavy atom. The molecule has 0 spiro atoms. The highest BCUT2D eigenvalue weighted by Gasteiger charge is 2.40. The van der Waals surface area contributed by atoms with Crippen molar-refractivity contribution in [2.75, 3.05) is 19.6 Å². The summed E-state index contributed by atoms with van der Waals surface area (Å²) < 4.78 is 0. The molecule has 0 amide bonds. The Morgan fingerprint density at radius 3 is 2.29 bits per heavy atom. The average Bonchev–Trinajstić information content (AvgIpc) is 2.46. The van der Waals surface area contributed by atoms with E-state index >= 15 is 0 Å². The lowest BCUT2D eigenvalue weighted by Crippen LogP contribution is -2.57. The van der Waals surface area contributed by atoms with Crippen LogP contribution in [0.5, 0.6) is 0 Å². The quantitative estimate of drug-likeness (QED) is 0.806. The molecule has 2 rings (SSSR count). The minimum absolute atomic E-state index is 0.528. The highest BCUT2D eigenvalue weighted by molar-refractivity contribution is 4.96. The van der Waals surface area contributed by atoms with Crippen molar-refractivity contribution in [3.05, 3.63) is 0 Å². The van der Waals surface area contributed by atoms with Gasteiger partial charge in [0.05, 0.1) is 0 Å². The van der Waals surface area contributed by atoms with Crippen LogP contribution in [0.15, 0.2) is 0 Å². The molecule has 2 unspecified atom stereocenters. The maximum atomic E-state index is 3.85. The number of likely N-dealkylation sites (tertiary alicyclic amines) is 1. The van der Waals surface area contributed by atoms with Gasteiger partial charge in [0.15, 0.2) is 0 Å². The molecule has 1 heterocycles. The normalized spacial score (nSPS) is 33.0. The summed E-state index contributed by atoms with van der Waals surface area (Å²) in [6.07, 6.45) is 9.48. The van der Waals surface area contributed by atoms with Crippen molar-refractivity contribution in [3.63, 3.8) is 0 Å². The molecule has 2 nitrogen and oxygen atoms in total. The van der Waals surface area contributed by atoms with Crippen molar-refractivity contribution in [1.29, 1.82) is 0 Å². The van der Waals surface area contributed by atoms with E-state index in [1.54, 1.807) is 0 Å². The summed E-state index contributed by atoms with van der Waals surface area (Å²) in [5.41, 5.74) is 1.13. The van der Waals surface area contributed by atoms with E-state index in [4.69, 9.17) is 0 Å². The molecule has 1 saturated heterocycles. The standard InChI is InChI=1S/C19H38N2/c1-6-12-20-16-8-9-18(3,4)15-17(16)21-13-10-19(5,7-2)11-14-21/h16-17,20H,6-15H2,1-5H3. The summed E-state index contributed by atoms with van der Waals surface area (Å²) in [6.45, 7) is 15.9. The van der Waals surface area contributed by atoms with Crippen LogP contribution < -0.4 is 5.32 Å². The van der Waals surface area contributed by atoms with Gasteiger partial charge < -0.3 is 5.32 Å². The molecule has 0 bridgehead atoms. The number of nitrogens with zero attached hydrogens (tertiary/aromatic N) is 1. The van der Waals surface area contributed by atoms with Gasteiger partial charge in [-0.3, -0.25) is 4.90 Å². The van der Waals surface area contributed by atoms with Crippen LogP contribution in [0.25, 0.3) is 0 Å². The van der Waals surface area contributed by atoms with E-state index in [2.05, 4.69) is 44.8 Å². The van der Waals surface area contributed by atoms with Crippen LogP contribution in [0.3, 0.4) is 0 Å². The van der Waals surface area contributed by atoms with E-state index in [0.29, 0.717) is 10.8 Å². The van der Waals surface area contributed by atoms with E-state index in [1.165, 1.54) is 64.6 Å². The Balaban J connectivity index is 1.99. The van der Waals surface area contributed by atoms with Crippen molar-refractivity contribution >= 4 is 0 Å². The topological polar surface area (TPSA) is 15.3 Å². The van der Waals surface area contributed by atoms with Gasteiger partial charge >= 0.3 is 0 Å². The van der Waals surface area contributed by atoms with Crippen LogP contribution in [0.1, 0.15) is 79.6 Å². The second kappa shape index (κ2) is 7.00. The maximum Gasteiger partial charge on any atom is 0.0254 e. The van der Waals surface area contributed by atoms with Crippen LogP contribution in [-0.2, 0) is 0 Å². The Morgan fingerprint density at radius 2 is 1.71 bits per heavy atom. The third kappa shape index (κ3) is 4.45. The Kier molecular flexibility index (Phi) is 5.76. The highest BCUT2D eigenvalue weighted by Crippen LogP contribution is 2.41. The summed E-state index contributed by atoms with van der Waals surface area (Å²) in [5, 5.41) is 3.85. The first-order chi connectivity index (χ1) is 9.89. The molecule has 1 aliphatic carbocycles. The van der Waals surface area contributed by atoms with Crippen LogP contribution in [0.2, 0.25) is 0 Å². The van der Waals surface area contributed by atoms with Crippen molar-refractivity contribution in [3.8, 4) is 0 Å². The van der Waals surface area contributed by atoms with Gasteiger partial charge in [-0.1, -0.05) is 41.0 Å². The lowest BCUT2D eigenvalue weighted by atomic mass is 9.71. The van der Waals surface area contributed by atoms with E-state index in [0.717, 1.165) is 12.1 Å². The largest absolute Gasteiger partial charge is 0.312 e. The second-order valence-corrected chi connectivity index (χ2v) is 8.74. The lowest BCUT2D eigenvalue weighted by Gasteiger charge is -2.50. The number of hydrogen-bond acceptors (Lipinski definition) is 2. The van der Waals surface area contributed by atoms with Gasteiger partial charge in [0.1, 0.15) is 0 Å². The van der Waals surface area contributed by atoms with Crippen LogP contribution in [0.4, 0.5) is 0 Å². The molecule has 21 heavy (non-hydrogen) atoms. The van der Waals surface area contributed by atoms with Gasteiger partial charge in [0, 0.05) is 12.1 Å². The molecule has 2 heteroatoms. The maximum absolute atomic E-state index is 3.85. The van der Waals surface area contributed by atoms with Gasteiger partial charge in [-0.05, 0) is 69.0 Å². The van der Waals surface area contributed by atoms with Crippen LogP contribution >= 0.6 is 0 Å². The second-order valence-electron chi connectivity index (χ2n) is 8.74. The van der Waals surface area contributed by atoms with Crippen molar-refractivity contribution in [1.82, 2.24) is 10.2 Å². The molecule has 2 atom stereocenters. The van der Waals surface area contributed by atoms with Crippen LogP contribution in [-0.4, -0.2) is 36.6 Å². The zero-order valence-corrected chi connectivity index (χ0v) is 15.2. The lowest BCUT2D eigenvalue weighted by molar-refractivity contribution is 0.0205. The predicted molar refractivity (Wildman–Crippen MR) is 92.7 cm³/mol. The van der Waals surface area contributed by atoms with E-state index in [-0.39, 0.29) is 0 Å². The summed E-state index contributed by atoms with van der Waals surface area (Å²) in [6, 6.07) is 1.49. The Bertz CT molecular complexity index is 316. The van der Waals surface area contributed by atoms with Gasteiger partial charge in [-0.25, -0.2) is 0 Å². The molecule has 0 aromatic rings. The summed E-state index contributed by atoms with van der Waals surface area (Å²) in [4.78, 5) is 2.83. The zero-order chi connectivity index (χ0) is 15.5. The first-order valence-corrected chi connectivity index (χ1v) is 9.36. The van der Waals surface area contributed by atoms with E-state index in [9.17, 15) is 0 Å². The smallest absolute Gasteiger partial charge is 0.0254 e. The fraction of sp³-hybridized carbons (Fsp3) is 1.00. The summed E-state index contributed by atoms with van der Waals surface area (Å²) >= 11 is 0. The monoisotopic (exact) mass is 294 g/mol. The first-order valence-electron chi connectivity index (χ1n) is 9.36. The highest BCUT2D eigenvalue weighted by atomic mass is 15.2. The molecule has 2 fully saturated rings. The fourth-order valence-electron chi connectivity index (χ4n) is 4.25. The molecular weight excluding hydrogens is 256 g/mol. The zero-order valence-electron chi connectivity index (χ0n) is 15.2. The average molecular weight is 295 g/mol. The van der Waals surface area contributed by atoms with Crippen molar-refractivity contribution < 1.29 is 0 Å². The molecule has 1 aliphatic heterocycles. The third-order valence-corrected chi connectivity index (χ3v) is 6.34. The third-order valence-electron chi connectivity index (χ3n) is 6.34. The first kappa shape index (κ1) is 17.3. The fourth-order valence-corrected chi connectivity index (χ4v) is 4.25. The number of hydrogen-bond donors (Lipinski definition) is 1. The van der Waals surface area contributed by atoms with Gasteiger partial charge in [0.25, 0.3) is 0 Å². The number of piperidine rings is 1. The number of nitrogens with one attached hydrogen (secondary N) is 1. The van der Waals surface area contributed by atoms with E-state index in [1.807, 2.05) is 0 Å². The molecule has 0 aromatic heterocycles. The van der Waals surface area contributed by atoms with Crippen molar-refractivity contribution in [2.45, 2.75) is 91.6 Å². The van der Waals surface area contributed by atoms with Crippen molar-refractivity contribution in [2.24, 2.45) is 10.8 Å².